The molecule has 0 saturated carbocycles. The van der Waals surface area contributed by atoms with Gasteiger partial charge in [0.05, 0.1) is 6.61 Å². The average molecular weight is 624 g/mol. The summed E-state index contributed by atoms with van der Waals surface area (Å²) in [7, 11) is -3.75. The van der Waals surface area contributed by atoms with Crippen LogP contribution in [0.15, 0.2) is 68.4 Å². The van der Waals surface area contributed by atoms with Gasteiger partial charge >= 0.3 is 0 Å². The van der Waals surface area contributed by atoms with Gasteiger partial charge < -0.3 is 10.1 Å². The molecule has 0 radical (unpaired) electrons. The Morgan fingerprint density at radius 3 is 2.11 bits per heavy atom. The molecule has 2 N–H and O–H groups in total. The van der Waals surface area contributed by atoms with Crippen LogP contribution in [-0.4, -0.2) is 20.9 Å². The molecule has 3 aromatic carbocycles. The Hall–Kier alpha value is -2.20. The molecule has 9 heteroatoms. The molecule has 0 atom stereocenters. The van der Waals surface area contributed by atoms with Gasteiger partial charge in [-0.15, -0.1) is 0 Å². The molecule has 1 amide bonds. The Morgan fingerprint density at radius 1 is 0.914 bits per heavy atom. The molecule has 3 rings (SSSR count). The van der Waals surface area contributed by atoms with Crippen LogP contribution in [-0.2, 0) is 21.4 Å². The number of halogens is 2. The maximum Gasteiger partial charge on any atom is 0.243 e. The van der Waals surface area contributed by atoms with Crippen molar-refractivity contribution < 1.29 is 17.9 Å². The number of carbonyl (C=O) groups is 1. The molecule has 0 unspecified atom stereocenters. The highest BCUT2D eigenvalue weighted by atomic mass is 79.9. The Balaban J connectivity index is 1.49. The van der Waals surface area contributed by atoms with Gasteiger partial charge in [0, 0.05) is 27.6 Å². The fraction of sp³-hybridized carbons (Fsp3) is 0.269. The molecule has 0 aliphatic heterocycles. The summed E-state index contributed by atoms with van der Waals surface area (Å²) in [5.41, 5.74) is 4.28. The number of sulfonamides is 1. The number of aryl methyl sites for hydroxylation is 3. The number of ether oxygens (including phenoxy) is 1. The Kier molecular flexibility index (Phi) is 9.52. The SMILES string of the molecule is Cc1ccc(OCCCC(=O)Nc2ccc(CNS(=O)(=O)c3c(Br)c(C)cc(C)c3Br)cc2)cc1. The maximum absolute atomic E-state index is 13.0. The van der Waals surface area contributed by atoms with E-state index in [1.165, 1.54) is 5.56 Å². The monoisotopic (exact) mass is 622 g/mol. The molecule has 186 valence electrons. The summed E-state index contributed by atoms with van der Waals surface area (Å²) < 4.78 is 35.3. The lowest BCUT2D eigenvalue weighted by atomic mass is 10.2. The minimum atomic E-state index is -3.75. The van der Waals surface area contributed by atoms with Crippen molar-refractivity contribution in [2.45, 2.75) is 45.1 Å². The smallest absolute Gasteiger partial charge is 0.243 e. The third-order valence-electron chi connectivity index (χ3n) is 5.33. The zero-order chi connectivity index (χ0) is 25.6. The first-order valence-corrected chi connectivity index (χ1v) is 14.2. The molecule has 0 fully saturated rings. The van der Waals surface area contributed by atoms with Crippen LogP contribution in [0.3, 0.4) is 0 Å². The van der Waals surface area contributed by atoms with Crippen LogP contribution in [0.4, 0.5) is 5.69 Å². The zero-order valence-electron chi connectivity index (χ0n) is 19.8. The molecule has 0 bridgehead atoms. The summed E-state index contributed by atoms with van der Waals surface area (Å²) in [5.74, 6) is 0.690. The van der Waals surface area contributed by atoms with Gasteiger partial charge in [0.15, 0.2) is 0 Å². The van der Waals surface area contributed by atoms with E-state index in [9.17, 15) is 13.2 Å². The summed E-state index contributed by atoms with van der Waals surface area (Å²) in [6.45, 7) is 6.31. The number of hydrogen-bond donors (Lipinski definition) is 2. The summed E-state index contributed by atoms with van der Waals surface area (Å²) in [6, 6.07) is 16.8. The van der Waals surface area contributed by atoms with Crippen molar-refractivity contribution in [1.29, 1.82) is 0 Å². The van der Waals surface area contributed by atoms with Crippen LogP contribution in [0.5, 0.6) is 5.75 Å². The van der Waals surface area contributed by atoms with Crippen LogP contribution >= 0.6 is 31.9 Å². The summed E-state index contributed by atoms with van der Waals surface area (Å²) in [6.07, 6.45) is 0.941. The van der Waals surface area contributed by atoms with Gasteiger partial charge in [0.1, 0.15) is 10.6 Å². The zero-order valence-corrected chi connectivity index (χ0v) is 23.8. The first-order chi connectivity index (χ1) is 16.6. The first-order valence-electron chi connectivity index (χ1n) is 11.1. The number of nitrogens with one attached hydrogen (secondary N) is 2. The van der Waals surface area contributed by atoms with Gasteiger partial charge in [-0.3, -0.25) is 4.79 Å². The summed E-state index contributed by atoms with van der Waals surface area (Å²) in [5, 5.41) is 2.86. The number of amides is 1. The van der Waals surface area contributed by atoms with Crippen molar-refractivity contribution in [3.05, 3.63) is 85.8 Å². The Labute approximate surface area is 223 Å². The quantitative estimate of drug-likeness (QED) is 0.256. The number of benzene rings is 3. The number of rotatable bonds is 10. The topological polar surface area (TPSA) is 84.5 Å². The highest BCUT2D eigenvalue weighted by molar-refractivity contribution is 9.11. The van der Waals surface area contributed by atoms with Crippen LogP contribution in [0, 0.1) is 20.8 Å². The molecule has 0 aromatic heterocycles. The minimum Gasteiger partial charge on any atom is -0.494 e. The van der Waals surface area contributed by atoms with Crippen LogP contribution < -0.4 is 14.8 Å². The maximum atomic E-state index is 13.0. The Morgan fingerprint density at radius 2 is 1.51 bits per heavy atom. The van der Waals surface area contributed by atoms with E-state index in [0.29, 0.717) is 34.1 Å². The van der Waals surface area contributed by atoms with Crippen molar-refractivity contribution in [2.75, 3.05) is 11.9 Å². The standard InChI is InChI=1S/C26H28Br2N2O4S/c1-17-6-12-22(13-7-17)34-14-4-5-23(31)30-21-10-8-20(9-11-21)16-29-35(32,33)26-24(27)18(2)15-19(3)25(26)28/h6-13,15,29H,4-5,14,16H2,1-3H3,(H,30,31). The third-order valence-corrected chi connectivity index (χ3v) is 9.37. The van der Waals surface area contributed by atoms with Gasteiger partial charge in [-0.25, -0.2) is 13.1 Å². The predicted molar refractivity (Wildman–Crippen MR) is 146 cm³/mol. The summed E-state index contributed by atoms with van der Waals surface area (Å²) in [4.78, 5) is 12.4. The van der Waals surface area contributed by atoms with E-state index < -0.39 is 10.0 Å². The Bertz CT molecular complexity index is 1270. The van der Waals surface area contributed by atoms with Crippen LogP contribution in [0.1, 0.15) is 35.1 Å². The van der Waals surface area contributed by atoms with Gasteiger partial charge in [-0.1, -0.05) is 35.9 Å². The van der Waals surface area contributed by atoms with Crippen molar-refractivity contribution in [2.24, 2.45) is 0 Å². The van der Waals surface area contributed by atoms with Crippen molar-refractivity contribution in [3.8, 4) is 5.75 Å². The van der Waals surface area contributed by atoms with Gasteiger partial charge in [-0.2, -0.15) is 0 Å². The highest BCUT2D eigenvalue weighted by Crippen LogP contribution is 2.35. The van der Waals surface area contributed by atoms with Crippen LogP contribution in [0.2, 0.25) is 0 Å². The van der Waals surface area contributed by atoms with Crippen molar-refractivity contribution >= 4 is 53.5 Å². The van der Waals surface area contributed by atoms with Crippen molar-refractivity contribution in [1.82, 2.24) is 4.72 Å². The van der Waals surface area contributed by atoms with E-state index >= 15 is 0 Å². The van der Waals surface area contributed by atoms with E-state index in [-0.39, 0.29) is 17.3 Å². The molecule has 0 aliphatic carbocycles. The second kappa shape index (κ2) is 12.2. The van der Waals surface area contributed by atoms with Gasteiger partial charge in [-0.05, 0) is 100 Å². The summed E-state index contributed by atoms with van der Waals surface area (Å²) >= 11 is 6.80. The van der Waals surface area contributed by atoms with E-state index in [1.54, 1.807) is 24.3 Å². The number of anilines is 1. The minimum absolute atomic E-state index is 0.101. The second-order valence-electron chi connectivity index (χ2n) is 8.30. The van der Waals surface area contributed by atoms with Crippen molar-refractivity contribution in [3.63, 3.8) is 0 Å². The largest absolute Gasteiger partial charge is 0.494 e. The predicted octanol–water partition coefficient (Wildman–Crippen LogP) is 6.41. The molecular formula is C26H28Br2N2O4S. The molecule has 0 aliphatic rings. The second-order valence-corrected chi connectivity index (χ2v) is 11.6. The average Bonchev–Trinajstić information content (AvgIpc) is 2.81. The van der Waals surface area contributed by atoms with E-state index in [0.717, 1.165) is 22.4 Å². The van der Waals surface area contributed by atoms with Crippen LogP contribution in [0.25, 0.3) is 0 Å². The lowest BCUT2D eigenvalue weighted by Crippen LogP contribution is -2.24. The number of carbonyl (C=O) groups excluding carboxylic acids is 1. The molecule has 3 aromatic rings. The first kappa shape index (κ1) is 27.4. The van der Waals surface area contributed by atoms with Gasteiger partial charge in [0.25, 0.3) is 0 Å². The fourth-order valence-electron chi connectivity index (χ4n) is 3.38. The molecule has 0 heterocycles. The molecule has 0 saturated heterocycles. The normalized spacial score (nSPS) is 11.3. The third kappa shape index (κ3) is 7.64. The lowest BCUT2D eigenvalue weighted by molar-refractivity contribution is -0.116. The molecular weight excluding hydrogens is 596 g/mol. The lowest BCUT2D eigenvalue weighted by Gasteiger charge is -2.14. The van der Waals surface area contributed by atoms with E-state index in [4.69, 9.17) is 4.74 Å². The van der Waals surface area contributed by atoms with Gasteiger partial charge in [0.2, 0.25) is 15.9 Å². The molecule has 6 nitrogen and oxygen atoms in total. The fourth-order valence-corrected chi connectivity index (χ4v) is 6.84. The molecule has 35 heavy (non-hydrogen) atoms. The highest BCUT2D eigenvalue weighted by Gasteiger charge is 2.23. The number of hydrogen-bond acceptors (Lipinski definition) is 4. The van der Waals surface area contributed by atoms with E-state index in [1.807, 2.05) is 51.1 Å². The molecule has 0 spiro atoms. The van der Waals surface area contributed by atoms with E-state index in [2.05, 4.69) is 41.9 Å².